The number of amides is 1. The molecular weight excluding hydrogens is 443 g/mol. The van der Waals surface area contributed by atoms with Crippen LogP contribution in [0.1, 0.15) is 76.4 Å². The average molecular weight is 491 g/mol. The van der Waals surface area contributed by atoms with Gasteiger partial charge in [-0.2, -0.15) is 0 Å². The first-order valence-electron chi connectivity index (χ1n) is 11.2. The zero-order chi connectivity index (χ0) is 26.9. The van der Waals surface area contributed by atoms with E-state index in [9.17, 15) is 14.4 Å². The average Bonchev–Trinajstić information content (AvgIpc) is 2.50. The van der Waals surface area contributed by atoms with Crippen LogP contribution in [-0.4, -0.2) is 58.9 Å². The van der Waals surface area contributed by atoms with Crippen molar-refractivity contribution >= 4 is 30.4 Å². The summed E-state index contributed by atoms with van der Waals surface area (Å²) in [5.74, 6) is -2.89. The van der Waals surface area contributed by atoms with Crippen LogP contribution >= 0.6 is 12.4 Å². The number of alkyl carbamates (subject to hydrolysis) is 1. The summed E-state index contributed by atoms with van der Waals surface area (Å²) in [5, 5.41) is 19.1. The SMILES string of the molecule is C.Cl.[2H]C([2H])(CCC[C@]([2H])(N)C(=O)O)NC(=O)OC(C)(C)C.[2H]C([2H])(N)CCC[C@]([2H])(N)C(=O)O.[H-].[K+]. The van der Waals surface area contributed by atoms with E-state index >= 15 is 0 Å². The van der Waals surface area contributed by atoms with Crippen molar-refractivity contribution in [3.8, 4) is 0 Å². The molecule has 10 nitrogen and oxygen atoms in total. The maximum Gasteiger partial charge on any atom is 1.00 e. The van der Waals surface area contributed by atoms with Gasteiger partial charge in [-0.1, -0.05) is 13.8 Å². The topological polar surface area (TPSA) is 191 Å². The molecule has 1 amide bonds. The summed E-state index contributed by atoms with van der Waals surface area (Å²) >= 11 is 0. The van der Waals surface area contributed by atoms with Gasteiger partial charge in [0.25, 0.3) is 0 Å². The van der Waals surface area contributed by atoms with Gasteiger partial charge in [0.15, 0.2) is 0 Å². The zero-order valence-corrected chi connectivity index (χ0v) is 21.3. The molecule has 0 radical (unpaired) electrons. The van der Waals surface area contributed by atoms with Crippen molar-refractivity contribution in [3.05, 3.63) is 0 Å². The van der Waals surface area contributed by atoms with E-state index < -0.39 is 48.7 Å². The Morgan fingerprint density at radius 2 is 1.47 bits per heavy atom. The summed E-state index contributed by atoms with van der Waals surface area (Å²) in [4.78, 5) is 32.4. The number of aliphatic carboxylic acids is 2. The van der Waals surface area contributed by atoms with Gasteiger partial charge in [-0.15, -0.1) is 12.4 Å². The van der Waals surface area contributed by atoms with Gasteiger partial charge in [0.1, 0.15) is 17.6 Å². The van der Waals surface area contributed by atoms with E-state index in [1.165, 1.54) is 0 Å². The number of carboxylic acids is 2. The van der Waals surface area contributed by atoms with Gasteiger partial charge in [-0.05, 0) is 59.4 Å². The predicted molar refractivity (Wildman–Crippen MR) is 117 cm³/mol. The minimum absolute atomic E-state index is 0. The second-order valence-corrected chi connectivity index (χ2v) is 6.38. The summed E-state index contributed by atoms with van der Waals surface area (Å²) in [6.07, 6.45) is -1.19. The molecule has 2 atom stereocenters. The molecule has 0 aromatic carbocycles. The Bertz CT molecular complexity index is 682. The van der Waals surface area contributed by atoms with Crippen molar-refractivity contribution in [1.29, 1.82) is 0 Å². The van der Waals surface area contributed by atoms with E-state index in [0.29, 0.717) is 0 Å². The first kappa shape index (κ1) is 26.3. The number of hydrogen-bond donors (Lipinski definition) is 6. The van der Waals surface area contributed by atoms with Gasteiger partial charge in [0, 0.05) is 12.0 Å². The number of hydrogen-bond acceptors (Lipinski definition) is 7. The maximum atomic E-state index is 11.4. The number of rotatable bonds is 11. The van der Waals surface area contributed by atoms with E-state index in [1.807, 2.05) is 0 Å². The minimum atomic E-state index is -2.15. The van der Waals surface area contributed by atoms with Crippen LogP contribution in [0, 0.1) is 0 Å². The number of nitrogens with one attached hydrogen (secondary N) is 1. The second kappa shape index (κ2) is 23.7. The fourth-order valence-electron chi connectivity index (χ4n) is 1.40. The van der Waals surface area contributed by atoms with Gasteiger partial charge in [-0.3, -0.25) is 9.59 Å². The summed E-state index contributed by atoms with van der Waals surface area (Å²) in [5.41, 5.74) is 14.6. The van der Waals surface area contributed by atoms with E-state index in [-0.39, 0.29) is 111 Å². The van der Waals surface area contributed by atoms with Crippen molar-refractivity contribution in [1.82, 2.24) is 5.32 Å². The molecule has 0 heterocycles. The van der Waals surface area contributed by atoms with E-state index in [4.69, 9.17) is 40.4 Å². The Balaban J connectivity index is -0.000000125. The molecule has 0 aliphatic rings. The Hall–Kier alpha value is 0.0164. The van der Waals surface area contributed by atoms with Crippen molar-refractivity contribution in [2.75, 3.05) is 13.0 Å². The van der Waals surface area contributed by atoms with Gasteiger partial charge >= 0.3 is 69.4 Å². The molecule has 0 unspecified atom stereocenters. The van der Waals surface area contributed by atoms with E-state index in [1.54, 1.807) is 20.8 Å². The Kier molecular flexibility index (Phi) is 20.7. The minimum Gasteiger partial charge on any atom is -1.00 e. The number of halogens is 1. The molecule has 0 rings (SSSR count). The fourth-order valence-corrected chi connectivity index (χ4v) is 1.40. The number of nitrogens with two attached hydrogens (primary N) is 3. The molecule has 0 bridgehead atoms. The third-order valence-electron chi connectivity index (χ3n) is 2.65. The van der Waals surface area contributed by atoms with Gasteiger partial charge < -0.3 is 38.9 Å². The molecular formula is C18H42ClKN4O6. The molecule has 0 saturated carbocycles. The van der Waals surface area contributed by atoms with Gasteiger partial charge in [-0.25, -0.2) is 4.79 Å². The third kappa shape index (κ3) is 30.2. The van der Waals surface area contributed by atoms with Crippen molar-refractivity contribution < 1.29 is 90.4 Å². The van der Waals surface area contributed by atoms with Crippen molar-refractivity contribution in [2.45, 2.75) is 84.4 Å². The standard InChI is InChI=1S/C11H22N2O4.C6H14N2O2.CH4.ClH.K.H/c1-11(2,3)17-10(16)13-7-5-4-6-8(12)9(14)15;7-4-2-1-3-5(8)6(9)10;;;;/h8H,4-7,12H2,1-3H3,(H,13,16)(H,14,15);5H,1-4,7-8H2,(H,9,10);1H4;1H;;/q;;;;+1;-1/t8-;5-;;;;/m00..../s1/i7D2,8D;4D2,5D;;;;. The smallest absolute Gasteiger partial charge is 1.00 e. The molecule has 0 fully saturated rings. The Labute approximate surface area is 239 Å². The van der Waals surface area contributed by atoms with Crippen LogP contribution in [0.4, 0.5) is 4.79 Å². The first-order valence-corrected chi connectivity index (χ1v) is 8.25. The molecule has 0 saturated heterocycles. The quantitative estimate of drug-likeness (QED) is 0.193. The molecule has 0 aliphatic carbocycles. The molecule has 0 aliphatic heterocycles. The molecule has 0 spiro atoms. The second-order valence-electron chi connectivity index (χ2n) is 6.38. The fraction of sp³-hybridized carbons (Fsp3) is 0.833. The van der Waals surface area contributed by atoms with Gasteiger partial charge in [0.2, 0.25) is 0 Å². The van der Waals surface area contributed by atoms with Crippen LogP contribution < -0.4 is 73.9 Å². The van der Waals surface area contributed by atoms with Crippen molar-refractivity contribution in [3.63, 3.8) is 0 Å². The summed E-state index contributed by atoms with van der Waals surface area (Å²) in [6.45, 7) is 1.07. The number of carboxylic acid groups (broad SMARTS) is 2. The number of carbonyl (C=O) groups is 3. The Morgan fingerprint density at radius 1 is 1.07 bits per heavy atom. The van der Waals surface area contributed by atoms with Crippen LogP contribution in [-0.2, 0) is 14.3 Å². The molecule has 9 N–H and O–H groups in total. The third-order valence-corrected chi connectivity index (χ3v) is 2.65. The van der Waals surface area contributed by atoms with Crippen LogP contribution in [0.15, 0.2) is 0 Å². The van der Waals surface area contributed by atoms with Gasteiger partial charge in [0.05, 0.1) is 2.74 Å². The molecule has 30 heavy (non-hydrogen) atoms. The maximum absolute atomic E-state index is 11.4. The zero-order valence-electron chi connectivity index (χ0n) is 24.4. The van der Waals surface area contributed by atoms with Crippen LogP contribution in [0.25, 0.3) is 0 Å². The van der Waals surface area contributed by atoms with E-state index in [2.05, 4.69) is 5.32 Å². The summed E-state index contributed by atoms with van der Waals surface area (Å²) < 4.78 is 48.4. The molecule has 178 valence electrons. The van der Waals surface area contributed by atoms with Crippen LogP contribution in [0.2, 0.25) is 0 Å². The van der Waals surface area contributed by atoms with Crippen LogP contribution in [0.5, 0.6) is 0 Å². The monoisotopic (exact) mass is 490 g/mol. The molecule has 12 heteroatoms. The van der Waals surface area contributed by atoms with E-state index in [0.717, 1.165) is 0 Å². The molecule has 0 aromatic heterocycles. The van der Waals surface area contributed by atoms with Crippen molar-refractivity contribution in [2.24, 2.45) is 17.2 Å². The Morgan fingerprint density at radius 3 is 1.80 bits per heavy atom. The van der Waals surface area contributed by atoms with Crippen LogP contribution in [0.3, 0.4) is 0 Å². The predicted octanol–water partition coefficient (Wildman–Crippen LogP) is -1.20. The largest absolute Gasteiger partial charge is 1.00 e. The normalized spacial score (nSPS) is 17.7. The summed E-state index contributed by atoms with van der Waals surface area (Å²) in [6, 6.07) is -4.19. The number of ether oxygens (including phenoxy) is 1. The molecule has 0 aromatic rings. The summed E-state index contributed by atoms with van der Waals surface area (Å²) in [7, 11) is 0. The first-order chi connectivity index (χ1) is 14.4. The number of carbonyl (C=O) groups excluding carboxylic acids is 1.